The van der Waals surface area contributed by atoms with Gasteiger partial charge in [0, 0.05) is 7.11 Å². The standard InChI is InChI=1S/C7H12O3/c1-3-4-7(10-2)6(9)5-8/h6-9H,5H2,1-2H3. The molecule has 0 heterocycles. The average molecular weight is 144 g/mol. The minimum atomic E-state index is -0.905. The Bertz CT molecular complexity index is 134. The third-order valence-corrected chi connectivity index (χ3v) is 1.08. The molecule has 0 aromatic heterocycles. The van der Waals surface area contributed by atoms with Crippen molar-refractivity contribution in [2.24, 2.45) is 0 Å². The van der Waals surface area contributed by atoms with Gasteiger partial charge in [-0.3, -0.25) is 0 Å². The van der Waals surface area contributed by atoms with Crippen molar-refractivity contribution < 1.29 is 14.9 Å². The third-order valence-electron chi connectivity index (χ3n) is 1.08. The van der Waals surface area contributed by atoms with Gasteiger partial charge in [-0.2, -0.15) is 0 Å². The van der Waals surface area contributed by atoms with E-state index in [0.717, 1.165) is 0 Å². The Balaban J connectivity index is 3.88. The van der Waals surface area contributed by atoms with Gasteiger partial charge in [-0.05, 0) is 6.92 Å². The maximum Gasteiger partial charge on any atom is 0.145 e. The van der Waals surface area contributed by atoms with Crippen molar-refractivity contribution in [1.29, 1.82) is 0 Å². The van der Waals surface area contributed by atoms with Crippen LogP contribution in [0, 0.1) is 11.8 Å². The smallest absolute Gasteiger partial charge is 0.145 e. The van der Waals surface area contributed by atoms with Crippen molar-refractivity contribution in [1.82, 2.24) is 0 Å². The third kappa shape index (κ3) is 2.83. The summed E-state index contributed by atoms with van der Waals surface area (Å²) in [6, 6.07) is 0. The highest BCUT2D eigenvalue weighted by Gasteiger charge is 2.13. The van der Waals surface area contributed by atoms with Crippen LogP contribution in [0.3, 0.4) is 0 Å². The van der Waals surface area contributed by atoms with E-state index in [1.54, 1.807) is 6.92 Å². The Hall–Kier alpha value is -0.560. The molecule has 0 rings (SSSR count). The molecule has 0 amide bonds. The molecule has 2 N–H and O–H groups in total. The summed E-state index contributed by atoms with van der Waals surface area (Å²) in [4.78, 5) is 0. The zero-order valence-corrected chi connectivity index (χ0v) is 6.16. The van der Waals surface area contributed by atoms with Crippen LogP contribution in [-0.4, -0.2) is 36.1 Å². The van der Waals surface area contributed by atoms with E-state index < -0.39 is 12.2 Å². The molecule has 0 aromatic carbocycles. The second-order valence-electron chi connectivity index (χ2n) is 1.80. The molecule has 2 unspecified atom stereocenters. The minimum absolute atomic E-state index is 0.326. The van der Waals surface area contributed by atoms with Gasteiger partial charge < -0.3 is 14.9 Å². The van der Waals surface area contributed by atoms with Gasteiger partial charge in [-0.25, -0.2) is 0 Å². The number of rotatable bonds is 3. The van der Waals surface area contributed by atoms with Gasteiger partial charge in [0.1, 0.15) is 12.2 Å². The minimum Gasteiger partial charge on any atom is -0.394 e. The molecule has 10 heavy (non-hydrogen) atoms. The summed E-state index contributed by atoms with van der Waals surface area (Å²) in [7, 11) is 1.44. The van der Waals surface area contributed by atoms with Crippen LogP contribution >= 0.6 is 0 Å². The predicted octanol–water partition coefficient (Wildman–Crippen LogP) is -0.622. The van der Waals surface area contributed by atoms with Crippen molar-refractivity contribution in [3.05, 3.63) is 0 Å². The van der Waals surface area contributed by atoms with Gasteiger partial charge >= 0.3 is 0 Å². The monoisotopic (exact) mass is 144 g/mol. The molecule has 3 nitrogen and oxygen atoms in total. The van der Waals surface area contributed by atoms with E-state index in [4.69, 9.17) is 14.9 Å². The van der Waals surface area contributed by atoms with E-state index in [-0.39, 0.29) is 6.61 Å². The van der Waals surface area contributed by atoms with E-state index in [0.29, 0.717) is 0 Å². The maximum atomic E-state index is 8.97. The van der Waals surface area contributed by atoms with E-state index in [9.17, 15) is 0 Å². The first-order valence-electron chi connectivity index (χ1n) is 3.00. The molecule has 0 aliphatic carbocycles. The first-order valence-corrected chi connectivity index (χ1v) is 3.00. The predicted molar refractivity (Wildman–Crippen MR) is 37.3 cm³/mol. The van der Waals surface area contributed by atoms with Crippen LogP contribution in [0.5, 0.6) is 0 Å². The molecular formula is C7H12O3. The van der Waals surface area contributed by atoms with Gasteiger partial charge in [0.05, 0.1) is 6.61 Å². The Labute approximate surface area is 60.6 Å². The molecule has 0 bridgehead atoms. The van der Waals surface area contributed by atoms with Gasteiger partial charge in [0.25, 0.3) is 0 Å². The number of aliphatic hydroxyl groups is 2. The summed E-state index contributed by atoms with van der Waals surface area (Å²) in [6.45, 7) is 1.32. The number of hydrogen-bond donors (Lipinski definition) is 2. The van der Waals surface area contributed by atoms with E-state index in [1.807, 2.05) is 0 Å². The molecule has 0 radical (unpaired) electrons. The van der Waals surface area contributed by atoms with Crippen molar-refractivity contribution in [3.8, 4) is 11.8 Å². The number of methoxy groups -OCH3 is 1. The van der Waals surface area contributed by atoms with Gasteiger partial charge in [0.15, 0.2) is 0 Å². The topological polar surface area (TPSA) is 49.7 Å². The number of ether oxygens (including phenoxy) is 1. The zero-order chi connectivity index (χ0) is 7.98. The summed E-state index contributed by atoms with van der Waals surface area (Å²) in [5, 5.41) is 17.4. The van der Waals surface area contributed by atoms with E-state index in [1.165, 1.54) is 7.11 Å². The van der Waals surface area contributed by atoms with E-state index in [2.05, 4.69) is 11.8 Å². The summed E-state index contributed by atoms with van der Waals surface area (Å²) in [5.41, 5.74) is 0. The quantitative estimate of drug-likeness (QED) is 0.519. The lowest BCUT2D eigenvalue weighted by Gasteiger charge is -2.12. The van der Waals surface area contributed by atoms with Crippen LogP contribution in [0.15, 0.2) is 0 Å². The summed E-state index contributed by atoms with van der Waals surface area (Å²) < 4.78 is 4.76. The van der Waals surface area contributed by atoms with Crippen LogP contribution in [-0.2, 0) is 4.74 Å². The van der Waals surface area contributed by atoms with Gasteiger partial charge in [-0.15, -0.1) is 5.92 Å². The number of aliphatic hydroxyl groups excluding tert-OH is 2. The first-order chi connectivity index (χ1) is 4.76. The Morgan fingerprint density at radius 2 is 2.20 bits per heavy atom. The normalized spacial score (nSPS) is 15.2. The van der Waals surface area contributed by atoms with Crippen molar-refractivity contribution in [2.45, 2.75) is 19.1 Å². The van der Waals surface area contributed by atoms with Gasteiger partial charge in [-0.1, -0.05) is 5.92 Å². The molecule has 0 aromatic rings. The molecule has 0 saturated heterocycles. The summed E-state index contributed by atoms with van der Waals surface area (Å²) >= 11 is 0. The van der Waals surface area contributed by atoms with E-state index >= 15 is 0 Å². The molecule has 0 aliphatic heterocycles. The van der Waals surface area contributed by atoms with Crippen LogP contribution < -0.4 is 0 Å². The van der Waals surface area contributed by atoms with Crippen LogP contribution in [0.2, 0.25) is 0 Å². The molecule has 58 valence electrons. The molecule has 2 atom stereocenters. The van der Waals surface area contributed by atoms with Crippen LogP contribution in [0.4, 0.5) is 0 Å². The SMILES string of the molecule is CC#CC(OC)C(O)CO. The molecule has 0 saturated carbocycles. The molecule has 3 heteroatoms. The highest BCUT2D eigenvalue weighted by molar-refractivity contribution is 5.05. The van der Waals surface area contributed by atoms with Crippen LogP contribution in [0.1, 0.15) is 6.92 Å². The Morgan fingerprint density at radius 3 is 2.50 bits per heavy atom. The maximum absolute atomic E-state index is 8.97. The first kappa shape index (κ1) is 9.44. The van der Waals surface area contributed by atoms with Crippen molar-refractivity contribution in [2.75, 3.05) is 13.7 Å². The average Bonchev–Trinajstić information content (AvgIpc) is 1.99. The fourth-order valence-electron chi connectivity index (χ4n) is 0.550. The van der Waals surface area contributed by atoms with Crippen molar-refractivity contribution >= 4 is 0 Å². The largest absolute Gasteiger partial charge is 0.394 e. The highest BCUT2D eigenvalue weighted by atomic mass is 16.5. The second kappa shape index (κ2) is 5.24. The lowest BCUT2D eigenvalue weighted by Crippen LogP contribution is -2.29. The molecular weight excluding hydrogens is 132 g/mol. The van der Waals surface area contributed by atoms with Gasteiger partial charge in [0.2, 0.25) is 0 Å². The molecule has 0 fully saturated rings. The Kier molecular flexibility index (Phi) is 4.95. The molecule has 0 spiro atoms. The lowest BCUT2D eigenvalue weighted by molar-refractivity contribution is -0.00857. The Morgan fingerprint density at radius 1 is 1.60 bits per heavy atom. The zero-order valence-electron chi connectivity index (χ0n) is 6.16. The molecule has 0 aliphatic rings. The van der Waals surface area contributed by atoms with Crippen LogP contribution in [0.25, 0.3) is 0 Å². The second-order valence-corrected chi connectivity index (χ2v) is 1.80. The van der Waals surface area contributed by atoms with Crippen molar-refractivity contribution in [3.63, 3.8) is 0 Å². The fourth-order valence-corrected chi connectivity index (χ4v) is 0.550. The summed E-state index contributed by atoms with van der Waals surface area (Å²) in [6.07, 6.45) is -1.48. The summed E-state index contributed by atoms with van der Waals surface area (Å²) in [5.74, 6) is 5.19. The lowest BCUT2D eigenvalue weighted by atomic mass is 10.2. The highest BCUT2D eigenvalue weighted by Crippen LogP contribution is 1.94. The number of hydrogen-bond acceptors (Lipinski definition) is 3. The fraction of sp³-hybridized carbons (Fsp3) is 0.714.